The molecule has 104 valence electrons. The van der Waals surface area contributed by atoms with Gasteiger partial charge in [-0.3, -0.25) is 0 Å². The third kappa shape index (κ3) is 2.56. The van der Waals surface area contributed by atoms with E-state index in [1.54, 1.807) is 6.20 Å². The first-order valence-electron chi connectivity index (χ1n) is 6.69. The van der Waals surface area contributed by atoms with Gasteiger partial charge in [-0.25, -0.2) is 9.97 Å². The van der Waals surface area contributed by atoms with E-state index in [0.29, 0.717) is 5.82 Å². The second kappa shape index (κ2) is 5.25. The molecule has 4 N–H and O–H groups in total. The Bertz CT molecular complexity index is 776. The Morgan fingerprint density at radius 2 is 1.67 bits per heavy atom. The zero-order valence-corrected chi connectivity index (χ0v) is 11.7. The van der Waals surface area contributed by atoms with Crippen LogP contribution in [0.2, 0.25) is 0 Å². The van der Waals surface area contributed by atoms with Gasteiger partial charge >= 0.3 is 0 Å². The van der Waals surface area contributed by atoms with E-state index in [1.165, 1.54) is 0 Å². The molecule has 0 bridgehead atoms. The molecule has 0 spiro atoms. The summed E-state index contributed by atoms with van der Waals surface area (Å²) in [5, 5.41) is 0. The van der Waals surface area contributed by atoms with Gasteiger partial charge in [0.1, 0.15) is 5.82 Å². The maximum atomic E-state index is 6.00. The van der Waals surface area contributed by atoms with E-state index < -0.39 is 0 Å². The number of pyridine rings is 2. The molecule has 0 aliphatic carbocycles. The average molecular weight is 276 g/mol. The lowest BCUT2D eigenvalue weighted by Gasteiger charge is -2.09. The van der Waals surface area contributed by atoms with Crippen LogP contribution in [0.15, 0.2) is 54.7 Å². The molecule has 1 aromatic carbocycles. The number of rotatable bonds is 2. The third-order valence-corrected chi connectivity index (χ3v) is 3.38. The summed E-state index contributed by atoms with van der Waals surface area (Å²) in [4.78, 5) is 8.85. The summed E-state index contributed by atoms with van der Waals surface area (Å²) in [6.45, 7) is 2.00. The van der Waals surface area contributed by atoms with Gasteiger partial charge in [0, 0.05) is 23.0 Å². The van der Waals surface area contributed by atoms with Crippen molar-refractivity contribution in [2.45, 2.75) is 6.92 Å². The van der Waals surface area contributed by atoms with Crippen LogP contribution in [0.1, 0.15) is 5.56 Å². The number of benzene rings is 1. The summed E-state index contributed by atoms with van der Waals surface area (Å²) in [6, 6.07) is 15.5. The predicted molar refractivity (Wildman–Crippen MR) is 86.5 cm³/mol. The molecular formula is C17H16N4. The van der Waals surface area contributed by atoms with Crippen molar-refractivity contribution in [3.63, 3.8) is 0 Å². The Hall–Kier alpha value is -2.88. The fourth-order valence-corrected chi connectivity index (χ4v) is 2.35. The molecule has 0 unspecified atom stereocenters. The van der Waals surface area contributed by atoms with Crippen molar-refractivity contribution >= 4 is 11.5 Å². The van der Waals surface area contributed by atoms with Gasteiger partial charge in [-0.2, -0.15) is 0 Å². The number of aryl methyl sites for hydroxylation is 1. The lowest BCUT2D eigenvalue weighted by atomic mass is 10.0. The quantitative estimate of drug-likeness (QED) is 0.704. The van der Waals surface area contributed by atoms with Gasteiger partial charge in [0.2, 0.25) is 0 Å². The van der Waals surface area contributed by atoms with E-state index in [9.17, 15) is 0 Å². The monoisotopic (exact) mass is 276 g/mol. The number of anilines is 2. The topological polar surface area (TPSA) is 77.8 Å². The SMILES string of the molecule is Cc1ccnc(N)c1-c1cccc(-c2cccc(N)c2)n1. The molecule has 0 atom stereocenters. The highest BCUT2D eigenvalue weighted by atomic mass is 14.8. The summed E-state index contributed by atoms with van der Waals surface area (Å²) in [5.74, 6) is 0.493. The number of nitrogen functional groups attached to an aromatic ring is 2. The highest BCUT2D eigenvalue weighted by Crippen LogP contribution is 2.28. The third-order valence-electron chi connectivity index (χ3n) is 3.38. The Labute approximate surface area is 123 Å². The molecule has 0 saturated carbocycles. The molecule has 3 rings (SSSR count). The largest absolute Gasteiger partial charge is 0.399 e. The lowest BCUT2D eigenvalue weighted by Crippen LogP contribution is -1.98. The van der Waals surface area contributed by atoms with Gasteiger partial charge in [-0.15, -0.1) is 0 Å². The highest BCUT2D eigenvalue weighted by molar-refractivity contribution is 5.76. The summed E-state index contributed by atoms with van der Waals surface area (Å²) >= 11 is 0. The van der Waals surface area contributed by atoms with Gasteiger partial charge in [-0.1, -0.05) is 18.2 Å². The molecule has 0 saturated heterocycles. The number of nitrogens with zero attached hydrogens (tertiary/aromatic N) is 2. The minimum atomic E-state index is 0.493. The number of nitrogens with two attached hydrogens (primary N) is 2. The van der Waals surface area contributed by atoms with Crippen molar-refractivity contribution in [3.8, 4) is 22.5 Å². The van der Waals surface area contributed by atoms with Crippen LogP contribution in [0.4, 0.5) is 11.5 Å². The molecule has 0 amide bonds. The Morgan fingerprint density at radius 3 is 2.43 bits per heavy atom. The van der Waals surface area contributed by atoms with Gasteiger partial charge in [0.25, 0.3) is 0 Å². The predicted octanol–water partition coefficient (Wildman–Crippen LogP) is 3.28. The number of hydrogen-bond donors (Lipinski definition) is 2. The van der Waals surface area contributed by atoms with E-state index in [1.807, 2.05) is 55.5 Å². The van der Waals surface area contributed by atoms with E-state index in [4.69, 9.17) is 16.5 Å². The van der Waals surface area contributed by atoms with E-state index in [2.05, 4.69) is 4.98 Å². The smallest absolute Gasteiger partial charge is 0.133 e. The van der Waals surface area contributed by atoms with Gasteiger partial charge < -0.3 is 11.5 Å². The Morgan fingerprint density at radius 1 is 0.905 bits per heavy atom. The lowest BCUT2D eigenvalue weighted by molar-refractivity contribution is 1.25. The fraction of sp³-hybridized carbons (Fsp3) is 0.0588. The summed E-state index contributed by atoms with van der Waals surface area (Å²) in [5.41, 5.74) is 17.1. The van der Waals surface area contributed by atoms with Crippen LogP contribution in [-0.4, -0.2) is 9.97 Å². The molecular weight excluding hydrogens is 260 g/mol. The van der Waals surface area contributed by atoms with Crippen molar-refractivity contribution in [3.05, 3.63) is 60.3 Å². The minimum Gasteiger partial charge on any atom is -0.399 e. The van der Waals surface area contributed by atoms with Crippen molar-refractivity contribution in [1.29, 1.82) is 0 Å². The molecule has 0 fully saturated rings. The zero-order chi connectivity index (χ0) is 14.8. The highest BCUT2D eigenvalue weighted by Gasteiger charge is 2.10. The van der Waals surface area contributed by atoms with Crippen LogP contribution >= 0.6 is 0 Å². The molecule has 2 aromatic heterocycles. The average Bonchev–Trinajstić information content (AvgIpc) is 2.47. The fourth-order valence-electron chi connectivity index (χ4n) is 2.35. The van der Waals surface area contributed by atoms with E-state index >= 15 is 0 Å². The second-order valence-corrected chi connectivity index (χ2v) is 4.92. The maximum absolute atomic E-state index is 6.00. The standard InChI is InChI=1S/C17H16N4/c1-11-8-9-20-17(19)16(11)15-7-3-6-14(21-15)12-4-2-5-13(18)10-12/h2-10H,18H2,1H3,(H2,19,20). The molecule has 0 aliphatic heterocycles. The molecule has 2 heterocycles. The van der Waals surface area contributed by atoms with Crippen molar-refractivity contribution < 1.29 is 0 Å². The molecule has 4 heteroatoms. The second-order valence-electron chi connectivity index (χ2n) is 4.92. The Balaban J connectivity index is 2.13. The van der Waals surface area contributed by atoms with Gasteiger partial charge in [0.15, 0.2) is 0 Å². The Kier molecular flexibility index (Phi) is 3.28. The summed E-state index contributed by atoms with van der Waals surface area (Å²) in [6.07, 6.45) is 1.70. The van der Waals surface area contributed by atoms with Crippen LogP contribution in [0.25, 0.3) is 22.5 Å². The first-order valence-corrected chi connectivity index (χ1v) is 6.69. The van der Waals surface area contributed by atoms with Crippen molar-refractivity contribution in [2.75, 3.05) is 11.5 Å². The van der Waals surface area contributed by atoms with Crippen LogP contribution in [0.5, 0.6) is 0 Å². The molecule has 0 radical (unpaired) electrons. The normalized spacial score (nSPS) is 10.5. The van der Waals surface area contributed by atoms with Crippen LogP contribution in [0.3, 0.4) is 0 Å². The molecule has 0 aliphatic rings. The first-order chi connectivity index (χ1) is 10.1. The first kappa shape index (κ1) is 13.1. The van der Waals surface area contributed by atoms with E-state index in [-0.39, 0.29) is 0 Å². The van der Waals surface area contributed by atoms with Gasteiger partial charge in [0.05, 0.1) is 11.4 Å². The summed E-state index contributed by atoms with van der Waals surface area (Å²) < 4.78 is 0. The van der Waals surface area contributed by atoms with Crippen LogP contribution in [-0.2, 0) is 0 Å². The molecule has 21 heavy (non-hydrogen) atoms. The molecule has 4 nitrogen and oxygen atoms in total. The van der Waals surface area contributed by atoms with Crippen LogP contribution < -0.4 is 11.5 Å². The van der Waals surface area contributed by atoms with E-state index in [0.717, 1.165) is 33.8 Å². The summed E-state index contributed by atoms with van der Waals surface area (Å²) in [7, 11) is 0. The zero-order valence-electron chi connectivity index (χ0n) is 11.7. The molecule has 3 aromatic rings. The van der Waals surface area contributed by atoms with Crippen molar-refractivity contribution in [2.24, 2.45) is 0 Å². The van der Waals surface area contributed by atoms with Crippen molar-refractivity contribution in [1.82, 2.24) is 9.97 Å². The number of aromatic nitrogens is 2. The maximum Gasteiger partial charge on any atom is 0.133 e. The number of hydrogen-bond acceptors (Lipinski definition) is 4. The minimum absolute atomic E-state index is 0.493. The van der Waals surface area contributed by atoms with Crippen LogP contribution in [0, 0.1) is 6.92 Å². The van der Waals surface area contributed by atoms with Gasteiger partial charge in [-0.05, 0) is 42.8 Å².